The van der Waals surface area contributed by atoms with E-state index in [0.717, 1.165) is 5.56 Å². The SMILES string of the molecule is COc1ccc(C[C@@H](NC(=O)[C@H](Cc2ccccc2)NC(C)=O)C(=O)O)cc1Cl. The lowest BCUT2D eigenvalue weighted by Crippen LogP contribution is -2.52. The van der Waals surface area contributed by atoms with E-state index in [2.05, 4.69) is 10.6 Å². The molecule has 0 aliphatic carbocycles. The summed E-state index contributed by atoms with van der Waals surface area (Å²) in [4.78, 5) is 35.9. The molecule has 0 spiro atoms. The predicted octanol–water partition coefficient (Wildman–Crippen LogP) is 2.21. The summed E-state index contributed by atoms with van der Waals surface area (Å²) in [6.07, 6.45) is 0.274. The van der Waals surface area contributed by atoms with Gasteiger partial charge in [0.2, 0.25) is 11.8 Å². The molecular formula is C21H23ClN2O5. The van der Waals surface area contributed by atoms with Gasteiger partial charge in [-0.2, -0.15) is 0 Å². The minimum Gasteiger partial charge on any atom is -0.495 e. The first-order chi connectivity index (χ1) is 13.8. The second kappa shape index (κ2) is 10.5. The van der Waals surface area contributed by atoms with Gasteiger partial charge in [0.1, 0.15) is 17.8 Å². The Labute approximate surface area is 174 Å². The molecule has 0 aliphatic rings. The van der Waals surface area contributed by atoms with Crippen LogP contribution in [0.25, 0.3) is 0 Å². The Hall–Kier alpha value is -3.06. The van der Waals surface area contributed by atoms with E-state index in [-0.39, 0.29) is 18.7 Å². The van der Waals surface area contributed by atoms with Crippen molar-refractivity contribution in [3.63, 3.8) is 0 Å². The summed E-state index contributed by atoms with van der Waals surface area (Å²) in [7, 11) is 1.48. The monoisotopic (exact) mass is 418 g/mol. The Bertz CT molecular complexity index is 873. The van der Waals surface area contributed by atoms with Gasteiger partial charge in [-0.3, -0.25) is 9.59 Å². The fraction of sp³-hybridized carbons (Fsp3) is 0.286. The van der Waals surface area contributed by atoms with E-state index in [4.69, 9.17) is 16.3 Å². The summed E-state index contributed by atoms with van der Waals surface area (Å²) < 4.78 is 5.08. The molecule has 2 atom stereocenters. The van der Waals surface area contributed by atoms with E-state index in [1.807, 2.05) is 30.3 Å². The van der Waals surface area contributed by atoms with E-state index >= 15 is 0 Å². The number of ether oxygens (including phenoxy) is 1. The second-order valence-electron chi connectivity index (χ2n) is 6.52. The Balaban J connectivity index is 2.13. The maximum absolute atomic E-state index is 12.7. The van der Waals surface area contributed by atoms with Gasteiger partial charge in [0, 0.05) is 19.8 Å². The van der Waals surface area contributed by atoms with Crippen LogP contribution in [0, 0.1) is 0 Å². The molecule has 2 rings (SSSR count). The molecule has 8 heteroatoms. The molecule has 2 aromatic rings. The average Bonchev–Trinajstić information content (AvgIpc) is 2.67. The number of aliphatic carboxylic acids is 1. The lowest BCUT2D eigenvalue weighted by Gasteiger charge is -2.21. The van der Waals surface area contributed by atoms with Crippen LogP contribution in [-0.4, -0.2) is 42.1 Å². The number of carbonyl (C=O) groups is 3. The van der Waals surface area contributed by atoms with E-state index < -0.39 is 24.0 Å². The maximum Gasteiger partial charge on any atom is 0.326 e. The molecule has 0 unspecified atom stereocenters. The second-order valence-corrected chi connectivity index (χ2v) is 6.92. The van der Waals surface area contributed by atoms with Crippen LogP contribution < -0.4 is 15.4 Å². The zero-order valence-electron chi connectivity index (χ0n) is 16.1. The number of nitrogens with one attached hydrogen (secondary N) is 2. The molecule has 0 aromatic heterocycles. The highest BCUT2D eigenvalue weighted by Gasteiger charge is 2.26. The third kappa shape index (κ3) is 6.80. The standard InChI is InChI=1S/C21H23ClN2O5/c1-13(25)23-17(11-14-6-4-3-5-7-14)20(26)24-18(21(27)28)12-15-8-9-19(29-2)16(22)10-15/h3-10,17-18H,11-12H2,1-2H3,(H,23,25)(H,24,26)(H,27,28)/t17-,18+/m0/s1. The molecule has 0 heterocycles. The molecule has 0 bridgehead atoms. The van der Waals surface area contributed by atoms with Crippen molar-refractivity contribution >= 4 is 29.4 Å². The van der Waals surface area contributed by atoms with Crippen LogP contribution in [-0.2, 0) is 27.2 Å². The van der Waals surface area contributed by atoms with Crippen molar-refractivity contribution < 1.29 is 24.2 Å². The molecule has 0 saturated heterocycles. The first-order valence-electron chi connectivity index (χ1n) is 8.96. The summed E-state index contributed by atoms with van der Waals surface area (Å²) >= 11 is 6.09. The molecule has 3 N–H and O–H groups in total. The fourth-order valence-corrected chi connectivity index (χ4v) is 3.13. The molecule has 0 aliphatic heterocycles. The van der Waals surface area contributed by atoms with Gasteiger partial charge in [-0.25, -0.2) is 4.79 Å². The van der Waals surface area contributed by atoms with Crippen molar-refractivity contribution in [1.29, 1.82) is 0 Å². The number of carbonyl (C=O) groups excluding carboxylic acids is 2. The van der Waals surface area contributed by atoms with Crippen LogP contribution in [0.3, 0.4) is 0 Å². The summed E-state index contributed by atoms with van der Waals surface area (Å²) in [5.74, 6) is -1.67. The molecule has 0 radical (unpaired) electrons. The van der Waals surface area contributed by atoms with Crippen LogP contribution in [0.5, 0.6) is 5.75 Å². The van der Waals surface area contributed by atoms with Gasteiger partial charge in [-0.1, -0.05) is 48.0 Å². The highest BCUT2D eigenvalue weighted by molar-refractivity contribution is 6.32. The zero-order valence-corrected chi connectivity index (χ0v) is 16.9. The number of methoxy groups -OCH3 is 1. The Kier molecular flexibility index (Phi) is 8.03. The number of rotatable bonds is 9. The number of halogens is 1. The first-order valence-corrected chi connectivity index (χ1v) is 9.34. The fourth-order valence-electron chi connectivity index (χ4n) is 2.85. The number of hydrogen-bond acceptors (Lipinski definition) is 4. The number of benzene rings is 2. The van der Waals surface area contributed by atoms with Crippen LogP contribution >= 0.6 is 11.6 Å². The third-order valence-corrected chi connectivity index (χ3v) is 4.54. The maximum atomic E-state index is 12.7. The average molecular weight is 419 g/mol. The summed E-state index contributed by atoms with van der Waals surface area (Å²) in [5, 5.41) is 15.0. The van der Waals surface area contributed by atoms with Gasteiger partial charge < -0.3 is 20.5 Å². The Morgan fingerprint density at radius 2 is 1.66 bits per heavy atom. The van der Waals surface area contributed by atoms with Gasteiger partial charge >= 0.3 is 5.97 Å². The molecule has 2 aromatic carbocycles. The minimum absolute atomic E-state index is 0.0307. The van der Waals surface area contributed by atoms with Gasteiger partial charge in [-0.05, 0) is 23.3 Å². The molecule has 29 heavy (non-hydrogen) atoms. The van der Waals surface area contributed by atoms with Crippen molar-refractivity contribution in [2.75, 3.05) is 7.11 Å². The Morgan fingerprint density at radius 3 is 2.21 bits per heavy atom. The molecular weight excluding hydrogens is 396 g/mol. The van der Waals surface area contributed by atoms with E-state index in [1.165, 1.54) is 14.0 Å². The topological polar surface area (TPSA) is 105 Å². The number of amides is 2. The lowest BCUT2D eigenvalue weighted by molar-refractivity contribution is -0.142. The summed E-state index contributed by atoms with van der Waals surface area (Å²) in [6, 6.07) is 12.0. The lowest BCUT2D eigenvalue weighted by atomic mass is 10.0. The number of carboxylic acids is 1. The third-order valence-electron chi connectivity index (χ3n) is 4.25. The molecule has 2 amide bonds. The molecule has 154 valence electrons. The summed E-state index contributed by atoms with van der Waals surface area (Å²) in [6.45, 7) is 1.30. The summed E-state index contributed by atoms with van der Waals surface area (Å²) in [5.41, 5.74) is 1.47. The van der Waals surface area contributed by atoms with Crippen LogP contribution in [0.15, 0.2) is 48.5 Å². The number of carboxylic acid groups (broad SMARTS) is 1. The van der Waals surface area contributed by atoms with Crippen molar-refractivity contribution in [2.45, 2.75) is 31.8 Å². The molecule has 0 saturated carbocycles. The van der Waals surface area contributed by atoms with Crippen molar-refractivity contribution in [2.24, 2.45) is 0 Å². The van der Waals surface area contributed by atoms with Gasteiger partial charge in [0.15, 0.2) is 0 Å². The highest BCUT2D eigenvalue weighted by atomic mass is 35.5. The van der Waals surface area contributed by atoms with Crippen molar-refractivity contribution in [3.8, 4) is 5.75 Å². The van der Waals surface area contributed by atoms with Gasteiger partial charge in [0.05, 0.1) is 12.1 Å². The quantitative estimate of drug-likeness (QED) is 0.579. The molecule has 7 nitrogen and oxygen atoms in total. The normalized spacial score (nSPS) is 12.5. The highest BCUT2D eigenvalue weighted by Crippen LogP contribution is 2.25. The van der Waals surface area contributed by atoms with E-state index in [0.29, 0.717) is 16.3 Å². The van der Waals surface area contributed by atoms with Gasteiger partial charge in [0.25, 0.3) is 0 Å². The largest absolute Gasteiger partial charge is 0.495 e. The van der Waals surface area contributed by atoms with E-state index in [1.54, 1.807) is 18.2 Å². The van der Waals surface area contributed by atoms with E-state index in [9.17, 15) is 19.5 Å². The van der Waals surface area contributed by atoms with Crippen molar-refractivity contribution in [3.05, 3.63) is 64.7 Å². The number of hydrogen-bond donors (Lipinski definition) is 3. The predicted molar refractivity (Wildman–Crippen MR) is 109 cm³/mol. The zero-order chi connectivity index (χ0) is 21.4. The smallest absolute Gasteiger partial charge is 0.326 e. The van der Waals surface area contributed by atoms with Gasteiger partial charge in [-0.15, -0.1) is 0 Å². The first kappa shape index (κ1) is 22.2. The Morgan fingerprint density at radius 1 is 1.00 bits per heavy atom. The van der Waals surface area contributed by atoms with Crippen LogP contribution in [0.4, 0.5) is 0 Å². The minimum atomic E-state index is -1.19. The van der Waals surface area contributed by atoms with Crippen LogP contribution in [0.1, 0.15) is 18.1 Å². The van der Waals surface area contributed by atoms with Crippen molar-refractivity contribution in [1.82, 2.24) is 10.6 Å². The molecule has 0 fully saturated rings. The van der Waals surface area contributed by atoms with Crippen LogP contribution in [0.2, 0.25) is 5.02 Å².